The van der Waals surface area contributed by atoms with Crippen molar-refractivity contribution in [3.8, 4) is 0 Å². The summed E-state index contributed by atoms with van der Waals surface area (Å²) in [5.41, 5.74) is 5.12. The molecule has 0 N–H and O–H groups in total. The van der Waals surface area contributed by atoms with Crippen molar-refractivity contribution in [3.63, 3.8) is 0 Å². The first-order chi connectivity index (χ1) is 16.2. The number of anilines is 1. The van der Waals surface area contributed by atoms with Gasteiger partial charge in [-0.2, -0.15) is 0 Å². The van der Waals surface area contributed by atoms with Crippen LogP contribution >= 0.6 is 11.6 Å². The number of fused-ring (bicyclic) bond motifs is 2. The van der Waals surface area contributed by atoms with E-state index in [9.17, 15) is 9.59 Å². The predicted molar refractivity (Wildman–Crippen MR) is 134 cm³/mol. The van der Waals surface area contributed by atoms with Crippen molar-refractivity contribution in [2.75, 3.05) is 31.1 Å². The SMILES string of the molecule is CC(C)(C)OC(=O)N1CCc2cc3c(cc2CC1)N(C(=O)OCCc1ccc(Cl)cc1)CCC3. The Labute approximate surface area is 206 Å². The van der Waals surface area contributed by atoms with Crippen molar-refractivity contribution in [1.29, 1.82) is 0 Å². The minimum atomic E-state index is -0.510. The van der Waals surface area contributed by atoms with Crippen LogP contribution in [-0.2, 0) is 35.2 Å². The summed E-state index contributed by atoms with van der Waals surface area (Å²) in [7, 11) is 0. The largest absolute Gasteiger partial charge is 0.449 e. The number of carbonyl (C=O) groups excluding carboxylic acids is 2. The summed E-state index contributed by atoms with van der Waals surface area (Å²) in [6, 6.07) is 11.9. The quantitative estimate of drug-likeness (QED) is 0.551. The van der Waals surface area contributed by atoms with Crippen molar-refractivity contribution in [3.05, 3.63) is 63.7 Å². The van der Waals surface area contributed by atoms with Gasteiger partial charge in [-0.1, -0.05) is 29.8 Å². The zero-order valence-electron chi connectivity index (χ0n) is 20.2. The van der Waals surface area contributed by atoms with Crippen molar-refractivity contribution in [2.45, 2.75) is 58.5 Å². The van der Waals surface area contributed by atoms with Crippen LogP contribution in [0, 0.1) is 0 Å². The Morgan fingerprint density at radius 1 is 0.912 bits per heavy atom. The first kappa shape index (κ1) is 24.4. The van der Waals surface area contributed by atoms with Gasteiger partial charge in [-0.3, -0.25) is 4.90 Å². The molecule has 2 heterocycles. The van der Waals surface area contributed by atoms with Crippen LogP contribution in [0.1, 0.15) is 49.4 Å². The highest BCUT2D eigenvalue weighted by Crippen LogP contribution is 2.32. The third-order valence-electron chi connectivity index (χ3n) is 6.22. The second-order valence-electron chi connectivity index (χ2n) is 9.96. The molecule has 0 bridgehead atoms. The summed E-state index contributed by atoms with van der Waals surface area (Å²) >= 11 is 5.94. The fourth-order valence-corrected chi connectivity index (χ4v) is 4.62. The lowest BCUT2D eigenvalue weighted by Crippen LogP contribution is -2.38. The number of halogens is 1. The number of hydrogen-bond acceptors (Lipinski definition) is 4. The highest BCUT2D eigenvalue weighted by atomic mass is 35.5. The number of benzene rings is 2. The van der Waals surface area contributed by atoms with Gasteiger partial charge in [0.05, 0.1) is 12.3 Å². The molecule has 0 unspecified atom stereocenters. The first-order valence-electron chi connectivity index (χ1n) is 12.0. The van der Waals surface area contributed by atoms with Crippen molar-refractivity contribution in [2.24, 2.45) is 0 Å². The van der Waals surface area contributed by atoms with Crippen LogP contribution in [0.3, 0.4) is 0 Å². The molecule has 0 spiro atoms. The number of rotatable bonds is 3. The van der Waals surface area contributed by atoms with Gasteiger partial charge in [0.1, 0.15) is 5.60 Å². The molecule has 6 nitrogen and oxygen atoms in total. The van der Waals surface area contributed by atoms with Crippen LogP contribution in [0.2, 0.25) is 5.02 Å². The first-order valence-corrected chi connectivity index (χ1v) is 12.4. The third-order valence-corrected chi connectivity index (χ3v) is 6.48. The Balaban J connectivity index is 1.42. The van der Waals surface area contributed by atoms with Gasteiger partial charge in [0.2, 0.25) is 0 Å². The van der Waals surface area contributed by atoms with Crippen molar-refractivity contribution >= 4 is 29.5 Å². The van der Waals surface area contributed by atoms with Gasteiger partial charge >= 0.3 is 12.2 Å². The lowest BCUT2D eigenvalue weighted by Gasteiger charge is -2.30. The highest BCUT2D eigenvalue weighted by Gasteiger charge is 2.28. The molecule has 34 heavy (non-hydrogen) atoms. The van der Waals surface area contributed by atoms with E-state index in [2.05, 4.69) is 12.1 Å². The summed E-state index contributed by atoms with van der Waals surface area (Å²) < 4.78 is 11.2. The van der Waals surface area contributed by atoms with Crippen molar-refractivity contribution in [1.82, 2.24) is 4.90 Å². The second-order valence-corrected chi connectivity index (χ2v) is 10.4. The fourth-order valence-electron chi connectivity index (χ4n) is 4.50. The molecule has 2 amide bonds. The minimum absolute atomic E-state index is 0.268. The molecule has 2 aromatic carbocycles. The third kappa shape index (κ3) is 6.03. The lowest BCUT2D eigenvalue weighted by atomic mass is 9.93. The number of hydrogen-bond donors (Lipinski definition) is 0. The molecule has 0 fully saturated rings. The predicted octanol–water partition coefficient (Wildman–Crippen LogP) is 5.81. The van der Waals surface area contributed by atoms with Gasteiger partial charge in [0.25, 0.3) is 0 Å². The molecule has 0 atom stereocenters. The minimum Gasteiger partial charge on any atom is -0.449 e. The van der Waals surface area contributed by atoms with Crippen molar-refractivity contribution < 1.29 is 19.1 Å². The zero-order valence-corrected chi connectivity index (χ0v) is 21.0. The van der Waals surface area contributed by atoms with Crippen LogP contribution in [0.25, 0.3) is 0 Å². The van der Waals surface area contributed by atoms with Gasteiger partial charge in [-0.05, 0) is 86.9 Å². The Bertz CT molecular complexity index is 1050. The van der Waals surface area contributed by atoms with E-state index in [1.54, 1.807) is 9.80 Å². The molecule has 0 saturated carbocycles. The second kappa shape index (κ2) is 10.3. The summed E-state index contributed by atoms with van der Waals surface area (Å²) in [5.74, 6) is 0. The molecule has 7 heteroatoms. The van der Waals surface area contributed by atoms with Crippen LogP contribution in [0.4, 0.5) is 15.3 Å². The summed E-state index contributed by atoms with van der Waals surface area (Å²) in [5, 5.41) is 0.694. The molecule has 2 aliphatic heterocycles. The van der Waals surface area contributed by atoms with Gasteiger partial charge in [-0.15, -0.1) is 0 Å². The average Bonchev–Trinajstić information content (AvgIpc) is 2.99. The molecule has 2 aromatic rings. The average molecular weight is 485 g/mol. The van der Waals surface area contributed by atoms with Crippen LogP contribution < -0.4 is 4.90 Å². The van der Waals surface area contributed by atoms with E-state index in [1.807, 2.05) is 45.0 Å². The van der Waals surface area contributed by atoms with Crippen LogP contribution in [-0.4, -0.2) is 48.9 Å². The van der Waals surface area contributed by atoms with Gasteiger partial charge in [0.15, 0.2) is 0 Å². The fraction of sp³-hybridized carbons (Fsp3) is 0.481. The van der Waals surface area contributed by atoms with Gasteiger partial charge in [0, 0.05) is 31.1 Å². The Morgan fingerprint density at radius 2 is 1.59 bits per heavy atom. The van der Waals surface area contributed by atoms with E-state index < -0.39 is 5.60 Å². The topological polar surface area (TPSA) is 59.1 Å². The lowest BCUT2D eigenvalue weighted by molar-refractivity contribution is 0.0258. The number of carbonyl (C=O) groups is 2. The molecule has 0 aromatic heterocycles. The molecule has 0 radical (unpaired) electrons. The maximum absolute atomic E-state index is 12.9. The number of aryl methyl sites for hydroxylation is 1. The Hall–Kier alpha value is -2.73. The molecule has 2 aliphatic rings. The molecular formula is C27H33ClN2O4. The molecule has 182 valence electrons. The maximum atomic E-state index is 12.9. The summed E-state index contributed by atoms with van der Waals surface area (Å²) in [6.45, 7) is 7.86. The van der Waals surface area contributed by atoms with E-state index in [0.717, 1.165) is 36.9 Å². The zero-order chi connectivity index (χ0) is 24.3. The van der Waals surface area contributed by atoms with E-state index in [-0.39, 0.29) is 12.2 Å². The van der Waals surface area contributed by atoms with E-state index in [0.29, 0.717) is 37.7 Å². The van der Waals surface area contributed by atoms with E-state index >= 15 is 0 Å². The molecular weight excluding hydrogens is 452 g/mol. The van der Waals surface area contributed by atoms with Crippen LogP contribution in [0.5, 0.6) is 0 Å². The maximum Gasteiger partial charge on any atom is 0.414 e. The molecule has 0 aliphatic carbocycles. The number of amides is 2. The summed E-state index contributed by atoms with van der Waals surface area (Å²) in [6.07, 6.45) is 3.44. The molecule has 0 saturated heterocycles. The van der Waals surface area contributed by atoms with Gasteiger partial charge < -0.3 is 14.4 Å². The monoisotopic (exact) mass is 484 g/mol. The normalized spacial score (nSPS) is 15.8. The van der Waals surface area contributed by atoms with Gasteiger partial charge in [-0.25, -0.2) is 9.59 Å². The highest BCUT2D eigenvalue weighted by molar-refractivity contribution is 6.30. The van der Waals surface area contributed by atoms with E-state index in [4.69, 9.17) is 21.1 Å². The Kier molecular flexibility index (Phi) is 7.36. The Morgan fingerprint density at radius 3 is 2.26 bits per heavy atom. The number of nitrogens with zero attached hydrogens (tertiary/aromatic N) is 2. The standard InChI is InChI=1S/C27H33ClN2O4/c1-27(2,3)34-25(31)29-14-10-20-17-22-5-4-13-30(24(22)18-21(20)11-15-29)26(32)33-16-12-19-6-8-23(28)9-7-19/h6-9,17-18H,4-5,10-16H2,1-3H3. The number of ether oxygens (including phenoxy) is 2. The van der Waals surface area contributed by atoms with E-state index in [1.165, 1.54) is 16.7 Å². The van der Waals surface area contributed by atoms with Crippen LogP contribution in [0.15, 0.2) is 36.4 Å². The summed E-state index contributed by atoms with van der Waals surface area (Å²) in [4.78, 5) is 29.0. The smallest absolute Gasteiger partial charge is 0.414 e. The molecule has 4 rings (SSSR count).